The average molecular weight is 421 g/mol. The standard InChI is InChI=1S/C14H26O.C10H14O.2C2H6/c1-3-8-12(4-2)14(11-15)13-9-6-5-7-10-13;1-8(2)9-4-6-10(11-3)7-5-9;2*1-2/h11-14H,3-10H2,1-2H3;4-8H,1-3H3;2*1-2H3. The van der Waals surface area contributed by atoms with Gasteiger partial charge in [0.2, 0.25) is 0 Å². The number of hydrogen-bond donors (Lipinski definition) is 0. The van der Waals surface area contributed by atoms with E-state index in [2.05, 4.69) is 39.8 Å². The SMILES string of the molecule is CC.CC.CCCC(CC)C(C=O)C1CCCCC1.COc1ccc(C(C)C)cc1. The molecule has 0 heterocycles. The molecule has 1 aliphatic carbocycles. The molecule has 2 unspecified atom stereocenters. The predicted molar refractivity (Wildman–Crippen MR) is 135 cm³/mol. The summed E-state index contributed by atoms with van der Waals surface area (Å²) in [5.74, 6) is 3.23. The smallest absolute Gasteiger partial charge is 0.123 e. The Morgan fingerprint density at radius 3 is 1.87 bits per heavy atom. The minimum absolute atomic E-state index is 0.357. The molecule has 2 atom stereocenters. The van der Waals surface area contributed by atoms with Gasteiger partial charge in [-0.3, -0.25) is 0 Å². The Kier molecular flexibility index (Phi) is 21.6. The van der Waals surface area contributed by atoms with Gasteiger partial charge in [-0.25, -0.2) is 0 Å². The molecular formula is C28H52O2. The number of hydrogen-bond acceptors (Lipinski definition) is 2. The summed E-state index contributed by atoms with van der Waals surface area (Å²) < 4.78 is 5.05. The van der Waals surface area contributed by atoms with Gasteiger partial charge in [-0.2, -0.15) is 0 Å². The number of benzene rings is 1. The van der Waals surface area contributed by atoms with Gasteiger partial charge in [0.1, 0.15) is 12.0 Å². The number of carbonyl (C=O) groups is 1. The molecule has 0 radical (unpaired) electrons. The van der Waals surface area contributed by atoms with Crippen molar-refractivity contribution in [3.63, 3.8) is 0 Å². The van der Waals surface area contributed by atoms with Crippen LogP contribution in [-0.2, 0) is 4.79 Å². The maximum Gasteiger partial charge on any atom is 0.123 e. The summed E-state index contributed by atoms with van der Waals surface area (Å²) in [5.41, 5.74) is 1.35. The molecule has 2 rings (SSSR count). The Morgan fingerprint density at radius 2 is 1.50 bits per heavy atom. The lowest BCUT2D eigenvalue weighted by atomic mass is 9.73. The van der Waals surface area contributed by atoms with Crippen LogP contribution in [0.4, 0.5) is 0 Å². The average Bonchev–Trinajstić information content (AvgIpc) is 2.82. The quantitative estimate of drug-likeness (QED) is 0.392. The van der Waals surface area contributed by atoms with Crippen molar-refractivity contribution in [2.75, 3.05) is 7.11 Å². The molecule has 1 fully saturated rings. The minimum atomic E-state index is 0.357. The van der Waals surface area contributed by atoms with Crippen molar-refractivity contribution in [3.05, 3.63) is 29.8 Å². The van der Waals surface area contributed by atoms with Crippen molar-refractivity contribution < 1.29 is 9.53 Å². The predicted octanol–water partition coefficient (Wildman–Crippen LogP) is 9.08. The normalized spacial score (nSPS) is 15.3. The lowest BCUT2D eigenvalue weighted by molar-refractivity contribution is -0.115. The zero-order chi connectivity index (χ0) is 23.4. The largest absolute Gasteiger partial charge is 0.497 e. The highest BCUT2D eigenvalue weighted by molar-refractivity contribution is 5.54. The fourth-order valence-electron chi connectivity index (χ4n) is 4.15. The second-order valence-corrected chi connectivity index (χ2v) is 8.00. The molecule has 0 bridgehead atoms. The fourth-order valence-corrected chi connectivity index (χ4v) is 4.15. The monoisotopic (exact) mass is 420 g/mol. The Hall–Kier alpha value is -1.31. The number of carbonyl (C=O) groups excluding carboxylic acids is 1. The zero-order valence-corrected chi connectivity index (χ0v) is 21.7. The molecule has 0 aliphatic heterocycles. The van der Waals surface area contributed by atoms with E-state index in [0.29, 0.717) is 23.7 Å². The van der Waals surface area contributed by atoms with Crippen LogP contribution in [0, 0.1) is 17.8 Å². The molecule has 0 saturated heterocycles. The van der Waals surface area contributed by atoms with Crippen molar-refractivity contribution >= 4 is 6.29 Å². The topological polar surface area (TPSA) is 26.3 Å². The molecule has 0 spiro atoms. The summed E-state index contributed by atoms with van der Waals surface area (Å²) in [6.07, 6.45) is 11.6. The van der Waals surface area contributed by atoms with Crippen LogP contribution in [0.2, 0.25) is 0 Å². The molecule has 30 heavy (non-hydrogen) atoms. The lowest BCUT2D eigenvalue weighted by Gasteiger charge is -2.32. The first-order valence-corrected chi connectivity index (χ1v) is 12.7. The first kappa shape index (κ1) is 30.9. The lowest BCUT2D eigenvalue weighted by Crippen LogP contribution is -2.26. The van der Waals surface area contributed by atoms with Crippen molar-refractivity contribution in [2.45, 2.75) is 113 Å². The van der Waals surface area contributed by atoms with Gasteiger partial charge in [0.25, 0.3) is 0 Å². The summed E-state index contributed by atoms with van der Waals surface area (Å²) in [5, 5.41) is 0. The third-order valence-electron chi connectivity index (χ3n) is 5.86. The molecule has 2 heteroatoms. The Morgan fingerprint density at radius 1 is 0.967 bits per heavy atom. The van der Waals surface area contributed by atoms with Crippen LogP contribution in [0.1, 0.15) is 118 Å². The summed E-state index contributed by atoms with van der Waals surface area (Å²) in [6, 6.07) is 8.19. The van der Waals surface area contributed by atoms with Crippen LogP contribution in [-0.4, -0.2) is 13.4 Å². The van der Waals surface area contributed by atoms with Crippen molar-refractivity contribution in [1.29, 1.82) is 0 Å². The molecule has 1 aromatic rings. The van der Waals surface area contributed by atoms with Gasteiger partial charge in [-0.05, 0) is 48.3 Å². The van der Waals surface area contributed by atoms with Gasteiger partial charge < -0.3 is 9.53 Å². The second kappa shape index (κ2) is 20.9. The molecule has 0 aromatic heterocycles. The molecule has 0 amide bonds. The fraction of sp³-hybridized carbons (Fsp3) is 0.750. The van der Waals surface area contributed by atoms with Crippen LogP contribution >= 0.6 is 0 Å². The Balaban J connectivity index is 0. The van der Waals surface area contributed by atoms with Crippen LogP contribution in [0.5, 0.6) is 5.75 Å². The first-order valence-electron chi connectivity index (χ1n) is 12.7. The van der Waals surface area contributed by atoms with Crippen molar-refractivity contribution in [1.82, 2.24) is 0 Å². The van der Waals surface area contributed by atoms with Gasteiger partial charge in [0, 0.05) is 5.92 Å². The van der Waals surface area contributed by atoms with E-state index in [-0.39, 0.29) is 0 Å². The van der Waals surface area contributed by atoms with E-state index in [0.717, 1.165) is 5.75 Å². The van der Waals surface area contributed by atoms with E-state index >= 15 is 0 Å². The third kappa shape index (κ3) is 12.4. The Labute approximate surface area is 189 Å². The van der Waals surface area contributed by atoms with Crippen molar-refractivity contribution in [2.24, 2.45) is 17.8 Å². The highest BCUT2D eigenvalue weighted by atomic mass is 16.5. The van der Waals surface area contributed by atoms with Crippen LogP contribution < -0.4 is 4.74 Å². The van der Waals surface area contributed by atoms with Crippen LogP contribution in [0.3, 0.4) is 0 Å². The third-order valence-corrected chi connectivity index (χ3v) is 5.86. The molecular weight excluding hydrogens is 368 g/mol. The van der Waals surface area contributed by atoms with Gasteiger partial charge in [0.15, 0.2) is 0 Å². The van der Waals surface area contributed by atoms with E-state index in [4.69, 9.17) is 4.74 Å². The number of rotatable bonds is 8. The Bertz CT molecular complexity index is 467. The number of methoxy groups -OCH3 is 1. The maximum atomic E-state index is 11.3. The second-order valence-electron chi connectivity index (χ2n) is 8.00. The molecule has 1 aliphatic rings. The van der Waals surface area contributed by atoms with Crippen LogP contribution in [0.25, 0.3) is 0 Å². The summed E-state index contributed by atoms with van der Waals surface area (Å²) in [7, 11) is 1.68. The molecule has 1 aromatic carbocycles. The summed E-state index contributed by atoms with van der Waals surface area (Å²) in [6.45, 7) is 16.8. The van der Waals surface area contributed by atoms with E-state index in [1.54, 1.807) is 7.11 Å². The molecule has 2 nitrogen and oxygen atoms in total. The number of aldehydes is 1. The van der Waals surface area contributed by atoms with Crippen molar-refractivity contribution in [3.8, 4) is 5.75 Å². The van der Waals surface area contributed by atoms with Gasteiger partial charge >= 0.3 is 0 Å². The first-order chi connectivity index (χ1) is 14.6. The van der Waals surface area contributed by atoms with Gasteiger partial charge in [0.05, 0.1) is 7.11 Å². The molecule has 0 N–H and O–H groups in total. The van der Waals surface area contributed by atoms with Gasteiger partial charge in [-0.15, -0.1) is 0 Å². The summed E-state index contributed by atoms with van der Waals surface area (Å²) >= 11 is 0. The van der Waals surface area contributed by atoms with E-state index in [9.17, 15) is 4.79 Å². The van der Waals surface area contributed by atoms with E-state index < -0.39 is 0 Å². The molecule has 1 saturated carbocycles. The van der Waals surface area contributed by atoms with Gasteiger partial charge in [-0.1, -0.05) is 106 Å². The summed E-state index contributed by atoms with van der Waals surface area (Å²) in [4.78, 5) is 11.3. The number of ether oxygens (including phenoxy) is 1. The van der Waals surface area contributed by atoms with E-state index in [1.165, 1.54) is 63.2 Å². The maximum absolute atomic E-state index is 11.3. The molecule has 176 valence electrons. The minimum Gasteiger partial charge on any atom is -0.497 e. The zero-order valence-electron chi connectivity index (χ0n) is 21.7. The van der Waals surface area contributed by atoms with Crippen LogP contribution in [0.15, 0.2) is 24.3 Å². The highest BCUT2D eigenvalue weighted by Gasteiger charge is 2.28. The van der Waals surface area contributed by atoms with E-state index in [1.807, 2.05) is 39.8 Å². The highest BCUT2D eigenvalue weighted by Crippen LogP contribution is 2.35.